The van der Waals surface area contributed by atoms with Gasteiger partial charge in [0.15, 0.2) is 0 Å². The molecule has 0 aliphatic heterocycles. The number of rotatable bonds is 6. The first-order valence-electron chi connectivity index (χ1n) is 16.6. The van der Waals surface area contributed by atoms with E-state index in [4.69, 9.17) is 9.97 Å². The molecule has 0 radical (unpaired) electrons. The standard InChI is InChI=1S/C46H31N3/c1-4-13-32(14-5-1)34-23-25-35(26-24-34)37-19-12-20-38(29-37)43-27-28-47-46(48-43)49-44-22-11-10-21-40(44)42-31-39(33-15-6-2-7-16-33)30-41(45(42)49)36-17-8-3-9-18-36/h1-31H. The Morgan fingerprint density at radius 3 is 1.63 bits per heavy atom. The third-order valence-corrected chi connectivity index (χ3v) is 9.29. The zero-order chi connectivity index (χ0) is 32.6. The molecule has 3 nitrogen and oxygen atoms in total. The van der Waals surface area contributed by atoms with E-state index in [1.54, 1.807) is 0 Å². The quantitative estimate of drug-likeness (QED) is 0.184. The molecule has 49 heavy (non-hydrogen) atoms. The first-order chi connectivity index (χ1) is 24.3. The van der Waals surface area contributed by atoms with Crippen LogP contribution in [0.4, 0.5) is 0 Å². The maximum atomic E-state index is 5.24. The van der Waals surface area contributed by atoms with E-state index in [2.05, 4.69) is 174 Å². The molecule has 0 amide bonds. The van der Waals surface area contributed by atoms with Gasteiger partial charge in [-0.3, -0.25) is 4.57 Å². The van der Waals surface area contributed by atoms with Gasteiger partial charge in [0.25, 0.3) is 0 Å². The molecule has 230 valence electrons. The minimum Gasteiger partial charge on any atom is -0.277 e. The molecule has 0 aliphatic rings. The number of nitrogens with zero attached hydrogens (tertiary/aromatic N) is 3. The van der Waals surface area contributed by atoms with E-state index >= 15 is 0 Å². The lowest BCUT2D eigenvalue weighted by Gasteiger charge is -2.13. The Labute approximate surface area is 285 Å². The largest absolute Gasteiger partial charge is 0.277 e. The summed E-state index contributed by atoms with van der Waals surface area (Å²) in [6, 6.07) is 64.3. The molecule has 9 aromatic rings. The minimum atomic E-state index is 0.644. The van der Waals surface area contributed by atoms with Gasteiger partial charge in [-0.25, -0.2) is 9.97 Å². The second-order valence-corrected chi connectivity index (χ2v) is 12.3. The molecule has 2 aromatic heterocycles. The van der Waals surface area contributed by atoms with E-state index in [0.29, 0.717) is 5.95 Å². The van der Waals surface area contributed by atoms with Crippen molar-refractivity contribution >= 4 is 21.8 Å². The lowest BCUT2D eigenvalue weighted by molar-refractivity contribution is 0.992. The number of fused-ring (bicyclic) bond motifs is 3. The Hall–Kier alpha value is -6.58. The van der Waals surface area contributed by atoms with Crippen LogP contribution in [0.2, 0.25) is 0 Å². The fraction of sp³-hybridized carbons (Fsp3) is 0. The van der Waals surface area contributed by atoms with Crippen molar-refractivity contribution in [2.45, 2.75) is 0 Å². The molecule has 0 spiro atoms. The second kappa shape index (κ2) is 12.2. The van der Waals surface area contributed by atoms with Crippen molar-refractivity contribution in [2.75, 3.05) is 0 Å². The summed E-state index contributed by atoms with van der Waals surface area (Å²) in [6.07, 6.45) is 1.88. The molecule has 2 heterocycles. The summed E-state index contributed by atoms with van der Waals surface area (Å²) in [7, 11) is 0. The highest BCUT2D eigenvalue weighted by molar-refractivity contribution is 6.15. The Morgan fingerprint density at radius 1 is 0.367 bits per heavy atom. The van der Waals surface area contributed by atoms with Gasteiger partial charge in [-0.05, 0) is 69.3 Å². The highest BCUT2D eigenvalue weighted by atomic mass is 15.2. The lowest BCUT2D eigenvalue weighted by Crippen LogP contribution is -2.02. The van der Waals surface area contributed by atoms with Crippen LogP contribution < -0.4 is 0 Å². The maximum Gasteiger partial charge on any atom is 0.235 e. The minimum absolute atomic E-state index is 0.644. The SMILES string of the molecule is c1ccc(-c2ccc(-c3cccc(-c4ccnc(-n5c6ccccc6c6cc(-c7ccccc7)cc(-c7ccccc7)c65)n4)c3)cc2)cc1. The van der Waals surface area contributed by atoms with Crippen LogP contribution in [0.15, 0.2) is 188 Å². The first kappa shape index (κ1) is 28.6. The van der Waals surface area contributed by atoms with Gasteiger partial charge in [0, 0.05) is 28.1 Å². The fourth-order valence-electron chi connectivity index (χ4n) is 6.90. The Balaban J connectivity index is 1.19. The van der Waals surface area contributed by atoms with Gasteiger partial charge in [-0.2, -0.15) is 0 Å². The average Bonchev–Trinajstić information content (AvgIpc) is 3.53. The van der Waals surface area contributed by atoms with Gasteiger partial charge in [-0.15, -0.1) is 0 Å². The molecule has 0 atom stereocenters. The molecule has 0 fully saturated rings. The van der Waals surface area contributed by atoms with Crippen LogP contribution in [0.25, 0.3) is 83.5 Å². The lowest BCUT2D eigenvalue weighted by atomic mass is 9.95. The van der Waals surface area contributed by atoms with Crippen LogP contribution in [0, 0.1) is 0 Å². The van der Waals surface area contributed by atoms with Gasteiger partial charge in [-0.1, -0.05) is 152 Å². The van der Waals surface area contributed by atoms with Crippen molar-refractivity contribution in [2.24, 2.45) is 0 Å². The highest BCUT2D eigenvalue weighted by Gasteiger charge is 2.20. The fourth-order valence-corrected chi connectivity index (χ4v) is 6.90. The van der Waals surface area contributed by atoms with Gasteiger partial charge in [0.2, 0.25) is 5.95 Å². The predicted molar refractivity (Wildman–Crippen MR) is 204 cm³/mol. The summed E-state index contributed by atoms with van der Waals surface area (Å²) in [6.45, 7) is 0. The van der Waals surface area contributed by atoms with E-state index in [9.17, 15) is 0 Å². The number of aromatic nitrogens is 3. The third kappa shape index (κ3) is 5.28. The molecule has 0 bridgehead atoms. The summed E-state index contributed by atoms with van der Waals surface area (Å²) in [5, 5.41) is 2.34. The molecule has 0 unspecified atom stereocenters. The van der Waals surface area contributed by atoms with Crippen molar-refractivity contribution in [3.05, 3.63) is 188 Å². The van der Waals surface area contributed by atoms with E-state index < -0.39 is 0 Å². The second-order valence-electron chi connectivity index (χ2n) is 12.3. The third-order valence-electron chi connectivity index (χ3n) is 9.29. The normalized spacial score (nSPS) is 11.3. The summed E-state index contributed by atoms with van der Waals surface area (Å²) in [5.41, 5.74) is 13.5. The average molecular weight is 626 g/mol. The maximum absolute atomic E-state index is 5.24. The van der Waals surface area contributed by atoms with Crippen molar-refractivity contribution in [1.82, 2.24) is 14.5 Å². The number of para-hydroxylation sites is 1. The predicted octanol–water partition coefficient (Wildman–Crippen LogP) is 11.9. The van der Waals surface area contributed by atoms with Gasteiger partial charge in [0.1, 0.15) is 0 Å². The number of hydrogen-bond donors (Lipinski definition) is 0. The van der Waals surface area contributed by atoms with E-state index in [-0.39, 0.29) is 0 Å². The highest BCUT2D eigenvalue weighted by Crippen LogP contribution is 2.41. The number of benzene rings is 7. The molecule has 0 saturated heterocycles. The van der Waals surface area contributed by atoms with Gasteiger partial charge < -0.3 is 0 Å². The first-order valence-corrected chi connectivity index (χ1v) is 16.6. The summed E-state index contributed by atoms with van der Waals surface area (Å²) < 4.78 is 2.23. The number of hydrogen-bond acceptors (Lipinski definition) is 2. The van der Waals surface area contributed by atoms with Crippen molar-refractivity contribution in [1.29, 1.82) is 0 Å². The van der Waals surface area contributed by atoms with Crippen molar-refractivity contribution in [3.63, 3.8) is 0 Å². The topological polar surface area (TPSA) is 30.7 Å². The molecule has 0 aliphatic carbocycles. The molecular formula is C46H31N3. The van der Waals surface area contributed by atoms with E-state index in [1.165, 1.54) is 38.6 Å². The molecule has 3 heteroatoms. The van der Waals surface area contributed by atoms with Crippen LogP contribution in [0.3, 0.4) is 0 Å². The van der Waals surface area contributed by atoms with Crippen LogP contribution >= 0.6 is 0 Å². The Morgan fingerprint density at radius 2 is 0.918 bits per heavy atom. The molecule has 9 rings (SSSR count). The van der Waals surface area contributed by atoms with Crippen molar-refractivity contribution < 1.29 is 0 Å². The van der Waals surface area contributed by atoms with Crippen LogP contribution in [0.1, 0.15) is 0 Å². The van der Waals surface area contributed by atoms with Crippen LogP contribution in [0.5, 0.6) is 0 Å². The van der Waals surface area contributed by atoms with Crippen LogP contribution in [-0.4, -0.2) is 14.5 Å². The zero-order valence-corrected chi connectivity index (χ0v) is 26.7. The van der Waals surface area contributed by atoms with Crippen LogP contribution in [-0.2, 0) is 0 Å². The summed E-state index contributed by atoms with van der Waals surface area (Å²) >= 11 is 0. The smallest absolute Gasteiger partial charge is 0.235 e. The zero-order valence-electron chi connectivity index (χ0n) is 26.7. The van der Waals surface area contributed by atoms with Gasteiger partial charge in [0.05, 0.1) is 16.7 Å². The van der Waals surface area contributed by atoms with E-state index in [1.807, 2.05) is 18.3 Å². The Bertz CT molecular complexity index is 2570. The molecule has 0 saturated carbocycles. The summed E-state index contributed by atoms with van der Waals surface area (Å²) in [4.78, 5) is 10.1. The summed E-state index contributed by atoms with van der Waals surface area (Å²) in [5.74, 6) is 0.644. The molecule has 0 N–H and O–H groups in total. The Kier molecular flexibility index (Phi) is 7.14. The monoisotopic (exact) mass is 625 g/mol. The van der Waals surface area contributed by atoms with Gasteiger partial charge >= 0.3 is 0 Å². The van der Waals surface area contributed by atoms with Crippen molar-refractivity contribution in [3.8, 4) is 61.7 Å². The molecule has 7 aromatic carbocycles. The molecular weight excluding hydrogens is 595 g/mol. The van der Waals surface area contributed by atoms with E-state index in [0.717, 1.165) is 39.0 Å².